The first-order valence-corrected chi connectivity index (χ1v) is 15.3. The molecule has 0 amide bonds. The van der Waals surface area contributed by atoms with Gasteiger partial charge in [-0.15, -0.1) is 12.4 Å². The van der Waals surface area contributed by atoms with Crippen LogP contribution in [0.25, 0.3) is 43.6 Å². The van der Waals surface area contributed by atoms with Crippen LogP contribution in [0.3, 0.4) is 0 Å². The number of hydrogen-bond donors (Lipinski definition) is 4. The molecule has 2 heterocycles. The summed E-state index contributed by atoms with van der Waals surface area (Å²) in [5.41, 5.74) is 5.57. The van der Waals surface area contributed by atoms with E-state index < -0.39 is 0 Å². The highest BCUT2D eigenvalue weighted by molar-refractivity contribution is 6.32. The fourth-order valence-corrected chi connectivity index (χ4v) is 5.74. The second-order valence-corrected chi connectivity index (χ2v) is 11.3. The van der Waals surface area contributed by atoms with Gasteiger partial charge in [0.05, 0.1) is 47.7 Å². The number of rotatable bonds is 13. The minimum atomic E-state index is 0. The average Bonchev–Trinajstić information content (AvgIpc) is 3.04. The number of methoxy groups -OCH3 is 2. The van der Waals surface area contributed by atoms with Gasteiger partial charge in [-0.1, -0.05) is 23.2 Å². The van der Waals surface area contributed by atoms with Gasteiger partial charge in [-0.05, 0) is 72.8 Å². The van der Waals surface area contributed by atoms with Crippen molar-refractivity contribution in [2.75, 3.05) is 64.1 Å². The van der Waals surface area contributed by atoms with Crippen molar-refractivity contribution >= 4 is 90.6 Å². The van der Waals surface area contributed by atoms with Gasteiger partial charge >= 0.3 is 0 Å². The first kappa shape index (κ1) is 32.6. The van der Waals surface area contributed by atoms with Gasteiger partial charge in [0.2, 0.25) is 0 Å². The Morgan fingerprint density at radius 3 is 1.36 bits per heavy atom. The number of ether oxygens (including phenoxy) is 2. The summed E-state index contributed by atoms with van der Waals surface area (Å²) < 4.78 is 10.9. The molecule has 8 nitrogen and oxygen atoms in total. The highest BCUT2D eigenvalue weighted by Gasteiger charge is 2.12. The summed E-state index contributed by atoms with van der Waals surface area (Å²) >= 11 is 12.5. The molecule has 45 heavy (non-hydrogen) atoms. The second kappa shape index (κ2) is 15.0. The molecular formula is C34H35Cl3N6O2. The van der Waals surface area contributed by atoms with Gasteiger partial charge in [0.15, 0.2) is 0 Å². The topological polar surface area (TPSA) is 92.4 Å². The molecular weight excluding hydrogens is 631 g/mol. The Labute approximate surface area is 278 Å². The third kappa shape index (κ3) is 7.38. The zero-order valence-electron chi connectivity index (χ0n) is 25.0. The summed E-state index contributed by atoms with van der Waals surface area (Å²) in [6.45, 7) is 4.82. The summed E-state index contributed by atoms with van der Waals surface area (Å²) in [5.74, 6) is 1.59. The first-order chi connectivity index (χ1) is 21.5. The molecule has 0 aliphatic rings. The van der Waals surface area contributed by atoms with Crippen molar-refractivity contribution in [1.82, 2.24) is 20.6 Å². The summed E-state index contributed by atoms with van der Waals surface area (Å²) in [5, 5.41) is 19.7. The summed E-state index contributed by atoms with van der Waals surface area (Å²) in [6.07, 6.45) is 0. The predicted molar refractivity (Wildman–Crippen MR) is 192 cm³/mol. The standard InChI is InChI=1S/C34H34Cl2N6O2.ClH/c1-43-23-5-9-29-27(19-23)33(25-7-3-21(35)17-31(25)41-29)39-15-13-37-11-12-38-14-16-40-34-26-8-4-22(36)18-32(26)42-30-10-6-24(44-2)20-28(30)34;/h3-10,17-20,37-38H,11-16H2,1-2H3,(H,39,41)(H,40,42);1H. The molecule has 0 unspecified atom stereocenters. The third-order valence-electron chi connectivity index (χ3n) is 7.57. The maximum Gasteiger partial charge on any atom is 0.119 e. The Morgan fingerprint density at radius 2 is 0.933 bits per heavy atom. The zero-order chi connectivity index (χ0) is 30.5. The highest BCUT2D eigenvalue weighted by Crippen LogP contribution is 2.35. The Balaban J connectivity index is 0.00000400. The molecule has 2 aromatic heterocycles. The molecule has 6 aromatic rings. The number of aromatic nitrogens is 2. The van der Waals surface area contributed by atoms with E-state index >= 15 is 0 Å². The lowest BCUT2D eigenvalue weighted by atomic mass is 10.1. The molecule has 0 saturated carbocycles. The monoisotopic (exact) mass is 664 g/mol. The maximum atomic E-state index is 6.26. The van der Waals surface area contributed by atoms with Crippen molar-refractivity contribution in [3.63, 3.8) is 0 Å². The summed E-state index contributed by atoms with van der Waals surface area (Å²) in [6, 6.07) is 23.5. The van der Waals surface area contributed by atoms with Crippen LogP contribution in [0.2, 0.25) is 10.0 Å². The number of nitrogens with zero attached hydrogens (tertiary/aromatic N) is 2. The number of pyridine rings is 2. The smallest absolute Gasteiger partial charge is 0.119 e. The van der Waals surface area contributed by atoms with Crippen molar-refractivity contribution in [2.24, 2.45) is 0 Å². The van der Waals surface area contributed by atoms with Crippen LogP contribution in [0, 0.1) is 0 Å². The SMILES string of the molecule is COc1ccc2nc3cc(Cl)ccc3c(NCCNCCNCCNc3c4ccc(Cl)cc4nc4ccc(OC)cc34)c2c1.Cl. The Bertz CT molecular complexity index is 1810. The molecule has 0 aliphatic heterocycles. The fraction of sp³-hybridized carbons (Fsp3) is 0.235. The predicted octanol–water partition coefficient (Wildman–Crippen LogP) is 7.54. The second-order valence-electron chi connectivity index (χ2n) is 10.4. The average molecular weight is 666 g/mol. The van der Waals surface area contributed by atoms with Crippen LogP contribution >= 0.6 is 35.6 Å². The van der Waals surface area contributed by atoms with E-state index in [0.717, 1.165) is 106 Å². The maximum absolute atomic E-state index is 6.26. The van der Waals surface area contributed by atoms with Crippen molar-refractivity contribution in [3.8, 4) is 11.5 Å². The molecule has 11 heteroatoms. The van der Waals surface area contributed by atoms with Gasteiger partial charge in [-0.25, -0.2) is 9.97 Å². The number of hydrogen-bond acceptors (Lipinski definition) is 8. The van der Waals surface area contributed by atoms with E-state index in [-0.39, 0.29) is 12.4 Å². The van der Waals surface area contributed by atoms with E-state index in [9.17, 15) is 0 Å². The molecule has 0 atom stereocenters. The molecule has 6 rings (SSSR count). The van der Waals surface area contributed by atoms with Gasteiger partial charge < -0.3 is 30.7 Å². The van der Waals surface area contributed by atoms with Crippen LogP contribution in [0.15, 0.2) is 72.8 Å². The molecule has 0 spiro atoms. The molecule has 0 bridgehead atoms. The van der Waals surface area contributed by atoms with Crippen LogP contribution in [-0.4, -0.2) is 63.5 Å². The Hall–Kier alpha value is -3.79. The number of nitrogens with one attached hydrogen (secondary N) is 4. The lowest BCUT2D eigenvalue weighted by Gasteiger charge is -2.15. The van der Waals surface area contributed by atoms with Gasteiger partial charge in [-0.3, -0.25) is 0 Å². The molecule has 0 saturated heterocycles. The van der Waals surface area contributed by atoms with Crippen molar-refractivity contribution in [2.45, 2.75) is 0 Å². The molecule has 0 fully saturated rings. The summed E-state index contributed by atoms with van der Waals surface area (Å²) in [4.78, 5) is 9.61. The van der Waals surface area contributed by atoms with Crippen molar-refractivity contribution in [1.29, 1.82) is 0 Å². The van der Waals surface area contributed by atoms with Gasteiger partial charge in [0.25, 0.3) is 0 Å². The Kier molecular flexibility index (Phi) is 10.9. The Morgan fingerprint density at radius 1 is 0.511 bits per heavy atom. The first-order valence-electron chi connectivity index (χ1n) is 14.6. The van der Waals surface area contributed by atoms with E-state index in [1.165, 1.54) is 0 Å². The van der Waals surface area contributed by atoms with Crippen molar-refractivity contribution < 1.29 is 9.47 Å². The third-order valence-corrected chi connectivity index (χ3v) is 8.04. The molecule has 4 aromatic carbocycles. The highest BCUT2D eigenvalue weighted by atomic mass is 35.5. The molecule has 0 radical (unpaired) electrons. The van der Waals surface area contributed by atoms with Crippen molar-refractivity contribution in [3.05, 3.63) is 82.8 Å². The van der Waals surface area contributed by atoms with Crippen LogP contribution in [0.4, 0.5) is 11.4 Å². The number of benzene rings is 4. The van der Waals surface area contributed by atoms with E-state index in [1.807, 2.05) is 72.8 Å². The molecule has 0 aliphatic carbocycles. The normalized spacial score (nSPS) is 11.2. The minimum absolute atomic E-state index is 0. The van der Waals surface area contributed by atoms with Gasteiger partial charge in [-0.2, -0.15) is 0 Å². The van der Waals surface area contributed by atoms with Crippen LogP contribution < -0.4 is 30.7 Å². The van der Waals surface area contributed by atoms with Gasteiger partial charge in [0, 0.05) is 70.9 Å². The van der Waals surface area contributed by atoms with Crippen LogP contribution in [0.1, 0.15) is 0 Å². The number of halogens is 3. The fourth-order valence-electron chi connectivity index (χ4n) is 5.41. The van der Waals surface area contributed by atoms with Crippen LogP contribution in [0.5, 0.6) is 11.5 Å². The lowest BCUT2D eigenvalue weighted by molar-refractivity contribution is 0.415. The molecule has 4 N–H and O–H groups in total. The number of anilines is 2. The van der Waals surface area contributed by atoms with E-state index in [0.29, 0.717) is 10.0 Å². The lowest BCUT2D eigenvalue weighted by Crippen LogP contribution is -2.32. The number of fused-ring (bicyclic) bond motifs is 4. The minimum Gasteiger partial charge on any atom is -0.497 e. The van der Waals surface area contributed by atoms with Crippen LogP contribution in [-0.2, 0) is 0 Å². The van der Waals surface area contributed by atoms with Gasteiger partial charge in [0.1, 0.15) is 11.5 Å². The van der Waals surface area contributed by atoms with E-state index in [1.54, 1.807) is 14.2 Å². The largest absolute Gasteiger partial charge is 0.497 e. The quantitative estimate of drug-likeness (QED) is 0.0743. The molecule has 234 valence electrons. The zero-order valence-corrected chi connectivity index (χ0v) is 27.4. The van der Waals surface area contributed by atoms with E-state index in [2.05, 4.69) is 21.3 Å². The summed E-state index contributed by atoms with van der Waals surface area (Å²) in [7, 11) is 3.35. The van der Waals surface area contributed by atoms with E-state index in [4.69, 9.17) is 42.6 Å².